The maximum Gasteiger partial charge on any atom is 0.325 e. The van der Waals surface area contributed by atoms with E-state index in [1.54, 1.807) is 23.9 Å². The van der Waals surface area contributed by atoms with Crippen molar-refractivity contribution in [3.05, 3.63) is 65.8 Å². The van der Waals surface area contributed by atoms with E-state index in [1.807, 2.05) is 0 Å². The number of halogens is 1. The van der Waals surface area contributed by atoms with Gasteiger partial charge in [0.15, 0.2) is 27.5 Å². The van der Waals surface area contributed by atoms with Gasteiger partial charge in [-0.1, -0.05) is 6.07 Å². The number of para-hydroxylation sites is 1. The number of aryl methyl sites for hydroxylation is 2. The summed E-state index contributed by atoms with van der Waals surface area (Å²) >= 11 is 1.21. The minimum atomic E-state index is -4.03. The molecule has 4 rings (SSSR count). The lowest BCUT2D eigenvalue weighted by Gasteiger charge is -2.16. The highest BCUT2D eigenvalue weighted by molar-refractivity contribution is 7.92. The zero-order valence-electron chi connectivity index (χ0n) is 19.3. The van der Waals surface area contributed by atoms with Crippen molar-refractivity contribution in [1.82, 2.24) is 14.5 Å². The van der Waals surface area contributed by atoms with Gasteiger partial charge in [0.1, 0.15) is 5.82 Å². The highest BCUT2D eigenvalue weighted by Crippen LogP contribution is 2.38. The van der Waals surface area contributed by atoms with Gasteiger partial charge in [-0.25, -0.2) is 19.2 Å². The van der Waals surface area contributed by atoms with E-state index in [-0.39, 0.29) is 33.6 Å². The number of rotatable bonds is 8. The van der Waals surface area contributed by atoms with Crippen LogP contribution in [0, 0.1) is 12.7 Å². The van der Waals surface area contributed by atoms with Crippen LogP contribution >= 0.6 is 11.3 Å². The minimum absolute atomic E-state index is 0.0318. The Hall–Kier alpha value is -4.17. The molecule has 0 saturated carbocycles. The third-order valence-electron chi connectivity index (χ3n) is 4.86. The number of ether oxygens (including phenoxy) is 2. The number of sulfonamides is 1. The Morgan fingerprint density at radius 2 is 1.97 bits per heavy atom. The first-order chi connectivity index (χ1) is 17.2. The van der Waals surface area contributed by atoms with Gasteiger partial charge in [0.05, 0.1) is 18.5 Å². The lowest BCUT2D eigenvalue weighted by atomic mass is 10.2. The van der Waals surface area contributed by atoms with Gasteiger partial charge >= 0.3 is 6.03 Å². The minimum Gasteiger partial charge on any atom is -0.493 e. The van der Waals surface area contributed by atoms with E-state index in [1.165, 1.54) is 67.2 Å². The van der Waals surface area contributed by atoms with Crippen molar-refractivity contribution in [2.45, 2.75) is 11.9 Å². The number of hydrogen-bond acceptors (Lipinski definition) is 8. The van der Waals surface area contributed by atoms with E-state index in [2.05, 4.69) is 25.3 Å². The molecule has 2 amide bonds. The Morgan fingerprint density at radius 3 is 2.64 bits per heavy atom. The molecule has 0 aliphatic carbocycles. The number of amides is 2. The lowest BCUT2D eigenvalue weighted by molar-refractivity contribution is 0.262. The molecule has 0 aliphatic rings. The number of imidazole rings is 1. The third kappa shape index (κ3) is 5.55. The first-order valence-corrected chi connectivity index (χ1v) is 12.7. The van der Waals surface area contributed by atoms with E-state index in [0.29, 0.717) is 11.0 Å². The fourth-order valence-corrected chi connectivity index (χ4v) is 4.65. The van der Waals surface area contributed by atoms with Gasteiger partial charge < -0.3 is 19.4 Å². The summed E-state index contributed by atoms with van der Waals surface area (Å²) in [6.45, 7) is 1.67. The molecule has 0 atom stereocenters. The van der Waals surface area contributed by atoms with Gasteiger partial charge in [-0.05, 0) is 37.3 Å². The second kappa shape index (κ2) is 10.2. The number of urea groups is 1. The molecule has 11 nitrogen and oxygen atoms in total. The predicted octanol–water partition coefficient (Wildman–Crippen LogP) is 4.57. The maximum absolute atomic E-state index is 14.5. The summed E-state index contributed by atoms with van der Waals surface area (Å²) in [6.07, 6.45) is 2.90. The molecule has 2 heterocycles. The number of benzene rings is 2. The Morgan fingerprint density at radius 1 is 1.17 bits per heavy atom. The third-order valence-corrected chi connectivity index (χ3v) is 6.80. The molecule has 2 aromatic carbocycles. The number of nitrogens with one attached hydrogen (secondary N) is 3. The van der Waals surface area contributed by atoms with Crippen molar-refractivity contribution >= 4 is 43.9 Å². The molecule has 0 saturated heterocycles. The summed E-state index contributed by atoms with van der Waals surface area (Å²) in [6, 6.07) is 7.61. The number of hydrogen-bond donors (Lipinski definition) is 3. The van der Waals surface area contributed by atoms with E-state index in [0.717, 1.165) is 0 Å². The summed E-state index contributed by atoms with van der Waals surface area (Å²) in [7, 11) is -0.995. The van der Waals surface area contributed by atoms with Crippen LogP contribution in [0.2, 0.25) is 0 Å². The standard InChI is InChI=1S/C22H21FN6O5S2/c1-13-25-19(12-29(13)2)36(31,32)28-14-7-8-17(34-20-15(23)5-4-6-18(20)33-3)16(11-14)26-21(30)27-22-24-9-10-35-22/h4-12,28H,1-3H3,(H2,24,26,27,30). The van der Waals surface area contributed by atoms with Crippen molar-refractivity contribution in [2.24, 2.45) is 7.05 Å². The molecule has 0 spiro atoms. The SMILES string of the molecule is COc1cccc(F)c1Oc1ccc(NS(=O)(=O)c2cn(C)c(C)n2)cc1NC(=O)Nc1nccs1. The summed E-state index contributed by atoms with van der Waals surface area (Å²) in [5, 5.41) is 6.98. The van der Waals surface area contributed by atoms with Crippen molar-refractivity contribution in [3.63, 3.8) is 0 Å². The monoisotopic (exact) mass is 532 g/mol. The number of methoxy groups -OCH3 is 1. The van der Waals surface area contributed by atoms with Gasteiger partial charge in [-0.2, -0.15) is 8.42 Å². The van der Waals surface area contributed by atoms with Crippen LogP contribution in [0.4, 0.5) is 25.7 Å². The van der Waals surface area contributed by atoms with Crippen LogP contribution in [-0.2, 0) is 17.1 Å². The van der Waals surface area contributed by atoms with Gasteiger partial charge in [0.2, 0.25) is 5.75 Å². The largest absolute Gasteiger partial charge is 0.493 e. The first-order valence-electron chi connectivity index (χ1n) is 10.3. The molecular formula is C22H21FN6O5S2. The van der Waals surface area contributed by atoms with Crippen molar-refractivity contribution in [1.29, 1.82) is 0 Å². The molecule has 36 heavy (non-hydrogen) atoms. The van der Waals surface area contributed by atoms with Crippen LogP contribution in [0.25, 0.3) is 0 Å². The Labute approximate surface area is 210 Å². The van der Waals surface area contributed by atoms with Crippen molar-refractivity contribution < 1.29 is 27.1 Å². The zero-order chi connectivity index (χ0) is 25.9. The van der Waals surface area contributed by atoms with E-state index in [9.17, 15) is 17.6 Å². The van der Waals surface area contributed by atoms with Crippen LogP contribution in [0.5, 0.6) is 17.2 Å². The van der Waals surface area contributed by atoms with Gasteiger partial charge in [-0.15, -0.1) is 11.3 Å². The van der Waals surface area contributed by atoms with Crippen LogP contribution in [0.1, 0.15) is 5.82 Å². The first kappa shape index (κ1) is 24.9. The molecule has 0 unspecified atom stereocenters. The second-order valence-corrected chi connectivity index (χ2v) is 9.87. The topological polar surface area (TPSA) is 136 Å². The molecule has 3 N–H and O–H groups in total. The average Bonchev–Trinajstić information content (AvgIpc) is 3.46. The average molecular weight is 533 g/mol. The smallest absolute Gasteiger partial charge is 0.325 e. The summed E-state index contributed by atoms with van der Waals surface area (Å²) in [5.74, 6) is -0.226. The number of carbonyl (C=O) groups is 1. The second-order valence-electron chi connectivity index (χ2n) is 7.34. The lowest BCUT2D eigenvalue weighted by Crippen LogP contribution is -2.20. The molecule has 0 aliphatic heterocycles. The number of nitrogens with zero attached hydrogens (tertiary/aromatic N) is 3. The van der Waals surface area contributed by atoms with E-state index >= 15 is 0 Å². The quantitative estimate of drug-likeness (QED) is 0.302. The van der Waals surface area contributed by atoms with Gasteiger partial charge in [0.25, 0.3) is 10.0 Å². The predicted molar refractivity (Wildman–Crippen MR) is 133 cm³/mol. The fourth-order valence-electron chi connectivity index (χ4n) is 3.04. The van der Waals surface area contributed by atoms with Crippen molar-refractivity contribution in [2.75, 3.05) is 22.5 Å². The molecule has 0 radical (unpaired) electrons. The normalized spacial score (nSPS) is 11.1. The summed E-state index contributed by atoms with van der Waals surface area (Å²) in [4.78, 5) is 20.6. The van der Waals surface area contributed by atoms with Crippen LogP contribution in [-0.4, -0.2) is 36.1 Å². The Balaban J connectivity index is 1.67. The molecule has 14 heteroatoms. The van der Waals surface area contributed by atoms with Crippen LogP contribution in [0.3, 0.4) is 0 Å². The molecular weight excluding hydrogens is 511 g/mol. The molecule has 2 aromatic heterocycles. The maximum atomic E-state index is 14.5. The van der Waals surface area contributed by atoms with Crippen LogP contribution < -0.4 is 24.8 Å². The Bertz CT molecular complexity index is 1490. The summed E-state index contributed by atoms with van der Waals surface area (Å²) < 4.78 is 55.0. The molecule has 188 valence electrons. The fraction of sp³-hybridized carbons (Fsp3) is 0.136. The van der Waals surface area contributed by atoms with Crippen LogP contribution in [0.15, 0.2) is 59.2 Å². The number of aromatic nitrogens is 3. The number of carbonyl (C=O) groups excluding carboxylic acids is 1. The zero-order valence-corrected chi connectivity index (χ0v) is 20.9. The van der Waals surface area contributed by atoms with E-state index < -0.39 is 21.9 Å². The highest BCUT2D eigenvalue weighted by atomic mass is 32.2. The number of anilines is 3. The number of thiazole rings is 1. The highest BCUT2D eigenvalue weighted by Gasteiger charge is 2.21. The van der Waals surface area contributed by atoms with Gasteiger partial charge in [0, 0.05) is 24.8 Å². The summed E-state index contributed by atoms with van der Waals surface area (Å²) in [5.41, 5.74) is 0.155. The molecule has 0 fully saturated rings. The molecule has 4 aromatic rings. The molecule has 0 bridgehead atoms. The Kier molecular flexibility index (Phi) is 7.07. The van der Waals surface area contributed by atoms with E-state index in [4.69, 9.17) is 9.47 Å². The van der Waals surface area contributed by atoms with Crippen molar-refractivity contribution in [3.8, 4) is 17.2 Å². The van der Waals surface area contributed by atoms with Gasteiger partial charge in [-0.3, -0.25) is 10.0 Å².